The van der Waals surface area contributed by atoms with E-state index in [-0.39, 0.29) is 0 Å². The molecule has 1 N–H and O–H groups in total. The summed E-state index contributed by atoms with van der Waals surface area (Å²) in [5.74, 6) is 2.65. The van der Waals surface area contributed by atoms with E-state index in [1.807, 2.05) is 11.3 Å². The number of hydrogen-bond acceptors (Lipinski definition) is 2. The number of aryl methyl sites for hydroxylation is 1. The zero-order valence-corrected chi connectivity index (χ0v) is 9.49. The van der Waals surface area contributed by atoms with Crippen molar-refractivity contribution in [2.45, 2.75) is 32.7 Å². The predicted octanol–water partition coefficient (Wildman–Crippen LogP) is 2.95. The molecule has 0 radical (unpaired) electrons. The standard InChI is InChI=1S/C12H17NS/c1-3-4-5-6-9-13-10-12-8-7-11(2)14-12/h1,7-8,13H,4-6,9-10H2,2H3. The summed E-state index contributed by atoms with van der Waals surface area (Å²) >= 11 is 1.86. The Kier molecular flexibility index (Phi) is 5.36. The maximum atomic E-state index is 5.17. The average Bonchev–Trinajstić information content (AvgIpc) is 2.58. The van der Waals surface area contributed by atoms with E-state index in [2.05, 4.69) is 30.3 Å². The Bertz CT molecular complexity index is 296. The smallest absolute Gasteiger partial charge is 0.0299 e. The number of terminal acetylenes is 1. The van der Waals surface area contributed by atoms with Crippen LogP contribution in [0.25, 0.3) is 0 Å². The fourth-order valence-electron chi connectivity index (χ4n) is 1.27. The first kappa shape index (κ1) is 11.3. The molecule has 0 aliphatic heterocycles. The van der Waals surface area contributed by atoms with Crippen LogP contribution in [-0.2, 0) is 6.54 Å². The minimum absolute atomic E-state index is 0.903. The molecule has 2 heteroatoms. The Labute approximate surface area is 90.5 Å². The van der Waals surface area contributed by atoms with Crippen LogP contribution in [0.2, 0.25) is 0 Å². The third kappa shape index (κ3) is 4.45. The zero-order chi connectivity index (χ0) is 10.2. The van der Waals surface area contributed by atoms with Crippen molar-refractivity contribution >= 4 is 11.3 Å². The molecule has 0 saturated carbocycles. The molecular weight excluding hydrogens is 190 g/mol. The van der Waals surface area contributed by atoms with Crippen molar-refractivity contribution < 1.29 is 0 Å². The van der Waals surface area contributed by atoms with Crippen LogP contribution in [0.5, 0.6) is 0 Å². The SMILES string of the molecule is C#CCCCCNCc1ccc(C)s1. The van der Waals surface area contributed by atoms with Crippen LogP contribution in [-0.4, -0.2) is 6.54 Å². The van der Waals surface area contributed by atoms with Crippen LogP contribution in [0.15, 0.2) is 12.1 Å². The van der Waals surface area contributed by atoms with E-state index >= 15 is 0 Å². The molecule has 0 saturated heterocycles. The van der Waals surface area contributed by atoms with E-state index in [0.717, 1.165) is 25.9 Å². The van der Waals surface area contributed by atoms with E-state index in [1.54, 1.807) is 0 Å². The van der Waals surface area contributed by atoms with Crippen molar-refractivity contribution in [3.8, 4) is 12.3 Å². The van der Waals surface area contributed by atoms with Gasteiger partial charge in [0.15, 0.2) is 0 Å². The molecule has 0 aromatic carbocycles. The Morgan fingerprint density at radius 3 is 2.93 bits per heavy atom. The first-order valence-electron chi connectivity index (χ1n) is 5.02. The van der Waals surface area contributed by atoms with Crippen LogP contribution in [0.3, 0.4) is 0 Å². The lowest BCUT2D eigenvalue weighted by molar-refractivity contribution is 0.634. The lowest BCUT2D eigenvalue weighted by Crippen LogP contribution is -2.13. The average molecular weight is 207 g/mol. The van der Waals surface area contributed by atoms with Gasteiger partial charge in [-0.2, -0.15) is 0 Å². The molecule has 0 atom stereocenters. The highest BCUT2D eigenvalue weighted by atomic mass is 32.1. The molecule has 0 aliphatic rings. The van der Waals surface area contributed by atoms with Crippen molar-refractivity contribution in [2.75, 3.05) is 6.54 Å². The van der Waals surface area contributed by atoms with Gasteiger partial charge >= 0.3 is 0 Å². The summed E-state index contributed by atoms with van der Waals surface area (Å²) < 4.78 is 0. The minimum atomic E-state index is 0.903. The Balaban J connectivity index is 2.02. The lowest BCUT2D eigenvalue weighted by Gasteiger charge is -2.01. The fourth-order valence-corrected chi connectivity index (χ4v) is 2.13. The molecule has 1 heterocycles. The van der Waals surface area contributed by atoms with Crippen molar-refractivity contribution in [3.05, 3.63) is 21.9 Å². The summed E-state index contributed by atoms with van der Waals surface area (Å²) in [6.07, 6.45) is 8.38. The Morgan fingerprint density at radius 2 is 2.29 bits per heavy atom. The van der Waals surface area contributed by atoms with Crippen LogP contribution < -0.4 is 5.32 Å². The van der Waals surface area contributed by atoms with Crippen molar-refractivity contribution in [2.24, 2.45) is 0 Å². The molecule has 0 bridgehead atoms. The predicted molar refractivity (Wildman–Crippen MR) is 63.4 cm³/mol. The first-order chi connectivity index (χ1) is 6.83. The second kappa shape index (κ2) is 6.64. The summed E-state index contributed by atoms with van der Waals surface area (Å²) in [6, 6.07) is 4.36. The molecule has 1 aromatic heterocycles. The van der Waals surface area contributed by atoms with Gasteiger partial charge in [0.1, 0.15) is 0 Å². The second-order valence-electron chi connectivity index (χ2n) is 3.35. The maximum absolute atomic E-state index is 5.17. The quantitative estimate of drug-likeness (QED) is 0.558. The van der Waals surface area contributed by atoms with Gasteiger partial charge in [0, 0.05) is 22.7 Å². The van der Waals surface area contributed by atoms with E-state index < -0.39 is 0 Å². The second-order valence-corrected chi connectivity index (χ2v) is 4.72. The van der Waals surface area contributed by atoms with Gasteiger partial charge in [-0.25, -0.2) is 0 Å². The van der Waals surface area contributed by atoms with E-state index in [4.69, 9.17) is 6.42 Å². The number of hydrogen-bond donors (Lipinski definition) is 1. The Morgan fingerprint density at radius 1 is 1.43 bits per heavy atom. The number of unbranched alkanes of at least 4 members (excludes halogenated alkanes) is 2. The molecule has 14 heavy (non-hydrogen) atoms. The fraction of sp³-hybridized carbons (Fsp3) is 0.500. The van der Waals surface area contributed by atoms with E-state index in [0.29, 0.717) is 0 Å². The molecule has 0 fully saturated rings. The summed E-state index contributed by atoms with van der Waals surface area (Å²) in [6.45, 7) is 4.20. The first-order valence-corrected chi connectivity index (χ1v) is 5.84. The van der Waals surface area contributed by atoms with Gasteiger partial charge in [-0.1, -0.05) is 0 Å². The number of nitrogens with one attached hydrogen (secondary N) is 1. The third-order valence-corrected chi connectivity index (χ3v) is 3.02. The number of rotatable bonds is 6. The van der Waals surface area contributed by atoms with Crippen LogP contribution in [0, 0.1) is 19.3 Å². The molecule has 0 unspecified atom stereocenters. The Hall–Kier alpha value is -0.780. The number of thiophene rings is 1. The highest BCUT2D eigenvalue weighted by Gasteiger charge is 1.95. The van der Waals surface area contributed by atoms with Crippen molar-refractivity contribution in [1.29, 1.82) is 0 Å². The molecule has 1 nitrogen and oxygen atoms in total. The van der Waals surface area contributed by atoms with Gasteiger partial charge in [0.25, 0.3) is 0 Å². The molecule has 0 aliphatic carbocycles. The molecule has 0 amide bonds. The summed E-state index contributed by atoms with van der Waals surface area (Å²) in [5.41, 5.74) is 0. The minimum Gasteiger partial charge on any atom is -0.312 e. The molecular formula is C12H17NS. The topological polar surface area (TPSA) is 12.0 Å². The van der Waals surface area contributed by atoms with Gasteiger partial charge in [-0.05, 0) is 38.4 Å². The summed E-state index contributed by atoms with van der Waals surface area (Å²) in [7, 11) is 0. The van der Waals surface area contributed by atoms with Crippen LogP contribution in [0.4, 0.5) is 0 Å². The van der Waals surface area contributed by atoms with Crippen LogP contribution >= 0.6 is 11.3 Å². The maximum Gasteiger partial charge on any atom is 0.0299 e. The summed E-state index contributed by atoms with van der Waals surface area (Å²) in [5, 5.41) is 3.42. The lowest BCUT2D eigenvalue weighted by atomic mass is 10.2. The third-order valence-electron chi connectivity index (χ3n) is 2.02. The van der Waals surface area contributed by atoms with Crippen molar-refractivity contribution in [1.82, 2.24) is 5.32 Å². The van der Waals surface area contributed by atoms with Gasteiger partial charge in [0.2, 0.25) is 0 Å². The van der Waals surface area contributed by atoms with Gasteiger partial charge < -0.3 is 5.32 Å². The van der Waals surface area contributed by atoms with Gasteiger partial charge in [-0.15, -0.1) is 23.7 Å². The van der Waals surface area contributed by atoms with Gasteiger partial charge in [-0.3, -0.25) is 0 Å². The molecule has 1 rings (SSSR count). The van der Waals surface area contributed by atoms with E-state index in [9.17, 15) is 0 Å². The molecule has 1 aromatic rings. The zero-order valence-electron chi connectivity index (χ0n) is 8.68. The van der Waals surface area contributed by atoms with Crippen molar-refractivity contribution in [3.63, 3.8) is 0 Å². The largest absolute Gasteiger partial charge is 0.312 e. The summed E-state index contributed by atoms with van der Waals surface area (Å²) in [4.78, 5) is 2.80. The molecule has 76 valence electrons. The highest BCUT2D eigenvalue weighted by Crippen LogP contribution is 2.14. The highest BCUT2D eigenvalue weighted by molar-refractivity contribution is 7.11. The molecule has 0 spiro atoms. The van der Waals surface area contributed by atoms with Gasteiger partial charge in [0.05, 0.1) is 0 Å². The van der Waals surface area contributed by atoms with E-state index in [1.165, 1.54) is 16.2 Å². The normalized spacial score (nSPS) is 10.0. The van der Waals surface area contributed by atoms with Crippen LogP contribution in [0.1, 0.15) is 29.0 Å². The monoisotopic (exact) mass is 207 g/mol.